The first-order chi connectivity index (χ1) is 12.1. The third-order valence-electron chi connectivity index (χ3n) is 4.85. The highest BCUT2D eigenvalue weighted by Crippen LogP contribution is 2.32. The zero-order valence-corrected chi connectivity index (χ0v) is 15.6. The van der Waals surface area contributed by atoms with Gasteiger partial charge in [-0.25, -0.2) is 0 Å². The minimum Gasteiger partial charge on any atom is -0.378 e. The lowest BCUT2D eigenvalue weighted by Crippen LogP contribution is -2.41. The number of benzene rings is 1. The summed E-state index contributed by atoms with van der Waals surface area (Å²) in [6.07, 6.45) is 2.06. The molecule has 1 atom stereocenters. The van der Waals surface area contributed by atoms with Crippen LogP contribution in [0.4, 0.5) is 0 Å². The summed E-state index contributed by atoms with van der Waals surface area (Å²) in [6.45, 7) is 5.44. The van der Waals surface area contributed by atoms with E-state index in [1.807, 2.05) is 9.80 Å². The van der Waals surface area contributed by atoms with Crippen LogP contribution >= 0.6 is 11.8 Å². The number of nitrogens with zero attached hydrogens (tertiary/aromatic N) is 2. The zero-order chi connectivity index (χ0) is 17.6. The van der Waals surface area contributed by atoms with Crippen LogP contribution in [0.2, 0.25) is 0 Å². The van der Waals surface area contributed by atoms with Gasteiger partial charge in [-0.1, -0.05) is 29.8 Å². The van der Waals surface area contributed by atoms with Gasteiger partial charge in [0.25, 0.3) is 0 Å². The van der Waals surface area contributed by atoms with Crippen molar-refractivity contribution in [3.63, 3.8) is 0 Å². The molecule has 136 valence electrons. The number of hydrogen-bond donors (Lipinski definition) is 0. The van der Waals surface area contributed by atoms with Crippen LogP contribution in [-0.4, -0.2) is 66.0 Å². The Balaban J connectivity index is 1.48. The van der Waals surface area contributed by atoms with Crippen LogP contribution in [0.5, 0.6) is 0 Å². The fourth-order valence-electron chi connectivity index (χ4n) is 3.41. The number of morpholine rings is 1. The summed E-state index contributed by atoms with van der Waals surface area (Å²) in [5.41, 5.74) is 2.45. The van der Waals surface area contributed by atoms with Crippen LogP contribution in [0.3, 0.4) is 0 Å². The maximum Gasteiger partial charge on any atom is 0.233 e. The van der Waals surface area contributed by atoms with Crippen LogP contribution < -0.4 is 0 Å². The Morgan fingerprint density at radius 1 is 1.08 bits per heavy atom. The van der Waals surface area contributed by atoms with E-state index in [1.54, 1.807) is 0 Å². The first kappa shape index (κ1) is 18.3. The molecule has 1 aromatic carbocycles. The summed E-state index contributed by atoms with van der Waals surface area (Å²) in [6, 6.07) is 8.64. The summed E-state index contributed by atoms with van der Waals surface area (Å²) in [5.74, 6) is 0.994. The molecule has 6 heteroatoms. The molecule has 2 saturated heterocycles. The Morgan fingerprint density at radius 2 is 1.76 bits per heavy atom. The van der Waals surface area contributed by atoms with Crippen LogP contribution in [0.1, 0.15) is 30.0 Å². The van der Waals surface area contributed by atoms with E-state index in [2.05, 4.69) is 31.2 Å². The molecule has 0 aliphatic carbocycles. The zero-order valence-electron chi connectivity index (χ0n) is 14.8. The highest BCUT2D eigenvalue weighted by atomic mass is 32.2. The van der Waals surface area contributed by atoms with Gasteiger partial charge in [-0.05, 0) is 25.3 Å². The van der Waals surface area contributed by atoms with Gasteiger partial charge in [-0.3, -0.25) is 9.59 Å². The standard InChI is InChI=1S/C19H26N2O3S/c1-15-4-6-16(7-5-15)17-3-2-8-21(17)19(23)14-25-13-18(22)20-9-11-24-12-10-20/h4-7,17H,2-3,8-14H2,1H3. The molecule has 0 radical (unpaired) electrons. The predicted octanol–water partition coefficient (Wildman–Crippen LogP) is 2.25. The number of aryl methyl sites for hydroxylation is 1. The molecule has 2 aliphatic heterocycles. The smallest absolute Gasteiger partial charge is 0.233 e. The van der Waals surface area contributed by atoms with Gasteiger partial charge >= 0.3 is 0 Å². The van der Waals surface area contributed by atoms with E-state index in [0.717, 1.165) is 19.4 Å². The number of thioether (sulfide) groups is 1. The van der Waals surface area contributed by atoms with E-state index >= 15 is 0 Å². The molecule has 2 aliphatic rings. The molecule has 2 amide bonds. The maximum atomic E-state index is 12.6. The van der Waals surface area contributed by atoms with Crippen molar-refractivity contribution >= 4 is 23.6 Å². The second-order valence-corrected chi connectivity index (χ2v) is 7.63. The lowest BCUT2D eigenvalue weighted by atomic mass is 10.0. The van der Waals surface area contributed by atoms with Gasteiger partial charge in [0.15, 0.2) is 0 Å². The van der Waals surface area contributed by atoms with E-state index in [-0.39, 0.29) is 17.9 Å². The molecule has 0 spiro atoms. The maximum absolute atomic E-state index is 12.6. The number of likely N-dealkylation sites (tertiary alicyclic amines) is 1. The fraction of sp³-hybridized carbons (Fsp3) is 0.579. The molecule has 25 heavy (non-hydrogen) atoms. The molecule has 3 rings (SSSR count). The second-order valence-electron chi connectivity index (χ2n) is 6.64. The van der Waals surface area contributed by atoms with Crippen molar-refractivity contribution in [2.45, 2.75) is 25.8 Å². The van der Waals surface area contributed by atoms with Crippen molar-refractivity contribution in [3.05, 3.63) is 35.4 Å². The summed E-state index contributed by atoms with van der Waals surface area (Å²) in [5, 5.41) is 0. The lowest BCUT2D eigenvalue weighted by Gasteiger charge is -2.27. The first-order valence-electron chi connectivity index (χ1n) is 8.94. The Kier molecular flexibility index (Phi) is 6.37. The topological polar surface area (TPSA) is 49.9 Å². The van der Waals surface area contributed by atoms with Crippen molar-refractivity contribution in [2.75, 3.05) is 44.4 Å². The Morgan fingerprint density at radius 3 is 2.48 bits per heavy atom. The molecule has 0 aromatic heterocycles. The van der Waals surface area contributed by atoms with E-state index in [0.29, 0.717) is 37.8 Å². The SMILES string of the molecule is Cc1ccc(C2CCCN2C(=O)CSCC(=O)N2CCOCC2)cc1. The highest BCUT2D eigenvalue weighted by Gasteiger charge is 2.29. The van der Waals surface area contributed by atoms with Gasteiger partial charge in [0.1, 0.15) is 0 Å². The first-order valence-corrected chi connectivity index (χ1v) is 10.1. The molecule has 0 bridgehead atoms. The Hall–Kier alpha value is -1.53. The van der Waals surface area contributed by atoms with Crippen LogP contribution in [0.25, 0.3) is 0 Å². The molecular formula is C19H26N2O3S. The minimum absolute atomic E-state index is 0.109. The molecule has 1 unspecified atom stereocenters. The van der Waals surface area contributed by atoms with Gasteiger partial charge < -0.3 is 14.5 Å². The highest BCUT2D eigenvalue weighted by molar-refractivity contribution is 8.00. The van der Waals surface area contributed by atoms with Gasteiger partial charge in [-0.15, -0.1) is 11.8 Å². The monoisotopic (exact) mass is 362 g/mol. The lowest BCUT2D eigenvalue weighted by molar-refractivity contribution is -0.132. The normalized spacial score (nSPS) is 20.8. The average Bonchev–Trinajstić information content (AvgIpc) is 3.13. The molecule has 0 N–H and O–H groups in total. The molecule has 1 aromatic rings. The largest absolute Gasteiger partial charge is 0.378 e. The number of carbonyl (C=O) groups is 2. The number of rotatable bonds is 5. The van der Waals surface area contributed by atoms with Gasteiger partial charge in [0.05, 0.1) is 30.8 Å². The summed E-state index contributed by atoms with van der Waals surface area (Å²) < 4.78 is 5.26. The Labute approximate surface area is 153 Å². The predicted molar refractivity (Wildman–Crippen MR) is 99.6 cm³/mol. The minimum atomic E-state index is 0.109. The number of amides is 2. The third kappa shape index (κ3) is 4.76. The number of carbonyl (C=O) groups excluding carboxylic acids is 2. The average molecular weight is 362 g/mol. The Bertz CT molecular complexity index is 599. The van der Waals surface area contributed by atoms with Crippen molar-refractivity contribution in [1.82, 2.24) is 9.80 Å². The van der Waals surface area contributed by atoms with E-state index in [9.17, 15) is 9.59 Å². The second kappa shape index (κ2) is 8.72. The summed E-state index contributed by atoms with van der Waals surface area (Å²) in [4.78, 5) is 28.6. The van der Waals surface area contributed by atoms with Crippen LogP contribution in [-0.2, 0) is 14.3 Å². The molecule has 2 fully saturated rings. The molecule has 2 heterocycles. The van der Waals surface area contributed by atoms with E-state index in [4.69, 9.17) is 4.74 Å². The van der Waals surface area contributed by atoms with Crippen molar-refractivity contribution in [3.8, 4) is 0 Å². The third-order valence-corrected chi connectivity index (χ3v) is 5.75. The molecule has 0 saturated carbocycles. The van der Waals surface area contributed by atoms with Crippen molar-refractivity contribution in [2.24, 2.45) is 0 Å². The van der Waals surface area contributed by atoms with Crippen molar-refractivity contribution in [1.29, 1.82) is 0 Å². The molecular weight excluding hydrogens is 336 g/mol. The van der Waals surface area contributed by atoms with Crippen LogP contribution in [0.15, 0.2) is 24.3 Å². The summed E-state index contributed by atoms with van der Waals surface area (Å²) in [7, 11) is 0. The number of ether oxygens (including phenoxy) is 1. The number of hydrogen-bond acceptors (Lipinski definition) is 4. The molecule has 5 nitrogen and oxygen atoms in total. The van der Waals surface area contributed by atoms with Gasteiger partial charge in [-0.2, -0.15) is 0 Å². The summed E-state index contributed by atoms with van der Waals surface area (Å²) >= 11 is 1.43. The van der Waals surface area contributed by atoms with Crippen LogP contribution in [0, 0.1) is 6.92 Å². The quantitative estimate of drug-likeness (QED) is 0.806. The van der Waals surface area contributed by atoms with Gasteiger partial charge in [0, 0.05) is 19.6 Å². The van der Waals surface area contributed by atoms with E-state index in [1.165, 1.54) is 22.9 Å². The van der Waals surface area contributed by atoms with E-state index < -0.39 is 0 Å². The fourth-order valence-corrected chi connectivity index (χ4v) is 4.21. The van der Waals surface area contributed by atoms with Crippen molar-refractivity contribution < 1.29 is 14.3 Å². The van der Waals surface area contributed by atoms with Gasteiger partial charge in [0.2, 0.25) is 11.8 Å².